The molecule has 2 amide bonds. The van der Waals surface area contributed by atoms with Crippen molar-refractivity contribution in [1.29, 1.82) is 0 Å². The van der Waals surface area contributed by atoms with Gasteiger partial charge in [-0.3, -0.25) is 9.59 Å². The van der Waals surface area contributed by atoms with Crippen LogP contribution in [0.5, 0.6) is 6.01 Å². The van der Waals surface area contributed by atoms with Crippen molar-refractivity contribution >= 4 is 47.3 Å². The molecular formula is C32H33ClF3N7O4. The van der Waals surface area contributed by atoms with Gasteiger partial charge in [-0.05, 0) is 92.3 Å². The molecule has 1 heterocycles. The summed E-state index contributed by atoms with van der Waals surface area (Å²) < 4.78 is 43.5. The number of hydrogen-bond acceptors (Lipinski definition) is 9. The summed E-state index contributed by atoms with van der Waals surface area (Å²) in [6.45, 7) is -1.31. The molecule has 0 bridgehead atoms. The molecule has 11 nitrogen and oxygen atoms in total. The lowest BCUT2D eigenvalue weighted by Crippen LogP contribution is -2.40. The average Bonchev–Trinajstić information content (AvgIpc) is 3.92. The number of benzene rings is 2. The first-order chi connectivity index (χ1) is 22.5. The molecular weight excluding hydrogens is 639 g/mol. The molecule has 3 aliphatic rings. The van der Waals surface area contributed by atoms with Gasteiger partial charge in [-0.15, -0.1) is 0 Å². The van der Waals surface area contributed by atoms with E-state index >= 15 is 0 Å². The molecule has 2 aromatic carbocycles. The van der Waals surface area contributed by atoms with Gasteiger partial charge < -0.3 is 30.8 Å². The second-order valence-corrected chi connectivity index (χ2v) is 12.7. The fourth-order valence-electron chi connectivity index (χ4n) is 5.68. The predicted octanol–water partition coefficient (Wildman–Crippen LogP) is 5.30. The van der Waals surface area contributed by atoms with Crippen LogP contribution in [-0.2, 0) is 15.1 Å². The van der Waals surface area contributed by atoms with Crippen LogP contribution >= 0.6 is 11.6 Å². The highest BCUT2D eigenvalue weighted by atomic mass is 35.5. The Morgan fingerprint density at radius 2 is 1.70 bits per heavy atom. The van der Waals surface area contributed by atoms with Crippen molar-refractivity contribution in [2.45, 2.75) is 62.2 Å². The Morgan fingerprint density at radius 3 is 2.34 bits per heavy atom. The van der Waals surface area contributed by atoms with Crippen LogP contribution in [0.1, 0.15) is 60.9 Å². The minimum atomic E-state index is -4.59. The molecule has 2 atom stereocenters. The molecule has 3 aliphatic carbocycles. The highest BCUT2D eigenvalue weighted by Crippen LogP contribution is 2.56. The van der Waals surface area contributed by atoms with Gasteiger partial charge in [-0.2, -0.15) is 28.1 Å². The molecule has 47 heavy (non-hydrogen) atoms. The fourth-order valence-corrected chi connectivity index (χ4v) is 5.81. The molecule has 0 radical (unpaired) electrons. The van der Waals surface area contributed by atoms with Gasteiger partial charge in [-0.1, -0.05) is 23.7 Å². The van der Waals surface area contributed by atoms with Crippen LogP contribution in [0.15, 0.2) is 48.5 Å². The van der Waals surface area contributed by atoms with E-state index in [2.05, 4.69) is 36.2 Å². The zero-order chi connectivity index (χ0) is 33.2. The van der Waals surface area contributed by atoms with E-state index in [-0.39, 0.29) is 42.6 Å². The number of hydrogen-bond donors (Lipinski definition) is 4. The van der Waals surface area contributed by atoms with E-state index in [1.54, 1.807) is 36.4 Å². The third-order valence-corrected chi connectivity index (χ3v) is 8.83. The lowest BCUT2D eigenvalue weighted by atomic mass is 10.1. The van der Waals surface area contributed by atoms with Crippen LogP contribution in [0.2, 0.25) is 5.02 Å². The van der Waals surface area contributed by atoms with Gasteiger partial charge in [0.25, 0.3) is 5.91 Å². The summed E-state index contributed by atoms with van der Waals surface area (Å²) in [6, 6.07) is 13.0. The molecule has 15 heteroatoms. The average molecular weight is 672 g/mol. The quantitative estimate of drug-likeness (QED) is 0.125. The van der Waals surface area contributed by atoms with Crippen molar-refractivity contribution in [2.75, 3.05) is 23.8 Å². The van der Waals surface area contributed by atoms with E-state index in [0.717, 1.165) is 37.5 Å². The molecule has 6 rings (SSSR count). The number of anilines is 3. The lowest BCUT2D eigenvalue weighted by Gasteiger charge is -2.19. The van der Waals surface area contributed by atoms with E-state index in [9.17, 15) is 27.6 Å². The van der Waals surface area contributed by atoms with Crippen molar-refractivity contribution < 1.29 is 32.3 Å². The number of nitrogens with one attached hydrogen (secondary N) is 4. The highest BCUT2D eigenvalue weighted by molar-refractivity contribution is 6.30. The van der Waals surface area contributed by atoms with Crippen LogP contribution in [0.4, 0.5) is 30.8 Å². The van der Waals surface area contributed by atoms with E-state index in [1.807, 2.05) is 12.1 Å². The predicted molar refractivity (Wildman–Crippen MR) is 166 cm³/mol. The van der Waals surface area contributed by atoms with Crippen LogP contribution in [0.25, 0.3) is 0 Å². The fraction of sp³-hybridized carbons (Fsp3) is 0.438. The molecule has 3 aromatic rings. The Bertz CT molecular complexity index is 1630. The summed E-state index contributed by atoms with van der Waals surface area (Å²) in [5.41, 5.74) is 0.543. The van der Waals surface area contributed by atoms with Crippen molar-refractivity contribution in [3.8, 4) is 6.01 Å². The number of aromatic nitrogens is 3. The van der Waals surface area contributed by atoms with Crippen LogP contribution in [-0.4, -0.2) is 57.9 Å². The maximum absolute atomic E-state index is 12.9. The smallest absolute Gasteiger partial charge is 0.422 e. The number of carbonyl (C=O) groups excluding carboxylic acids is 3. The number of alkyl halides is 3. The van der Waals surface area contributed by atoms with Gasteiger partial charge in [-0.25, -0.2) is 0 Å². The summed E-state index contributed by atoms with van der Waals surface area (Å²) in [5, 5.41) is 12.4. The Morgan fingerprint density at radius 1 is 1.00 bits per heavy atom. The SMILES string of the molecule is O=CC1(NC(=O)CCCNC(=O)c2ccc(Nc3nc(NC4(c5ccc(Cl)cc5)CC4)nc(OCC(F)(F)F)n3)cc2)C[C@H]1C1CC1. The number of rotatable bonds is 15. The monoisotopic (exact) mass is 671 g/mol. The maximum Gasteiger partial charge on any atom is 0.422 e. The molecule has 248 valence electrons. The molecule has 3 saturated carbocycles. The molecule has 1 unspecified atom stereocenters. The third kappa shape index (κ3) is 8.28. The molecule has 4 N–H and O–H groups in total. The minimum Gasteiger partial charge on any atom is -0.454 e. The number of carbonyl (C=O) groups is 3. The normalized spacial score (nSPS) is 20.9. The Hall–Kier alpha value is -4.46. The van der Waals surface area contributed by atoms with Gasteiger partial charge in [0, 0.05) is 29.2 Å². The van der Waals surface area contributed by atoms with Crippen molar-refractivity contribution in [3.63, 3.8) is 0 Å². The highest BCUT2D eigenvalue weighted by Gasteiger charge is 2.61. The zero-order valence-corrected chi connectivity index (χ0v) is 26.0. The topological polar surface area (TPSA) is 147 Å². The second-order valence-electron chi connectivity index (χ2n) is 12.3. The van der Waals surface area contributed by atoms with Gasteiger partial charge in [0.15, 0.2) is 6.61 Å². The molecule has 0 aliphatic heterocycles. The van der Waals surface area contributed by atoms with Crippen molar-refractivity contribution in [3.05, 3.63) is 64.7 Å². The zero-order valence-electron chi connectivity index (χ0n) is 25.2. The summed E-state index contributed by atoms with van der Waals surface area (Å²) in [7, 11) is 0. The lowest BCUT2D eigenvalue weighted by molar-refractivity contribution is -0.154. The molecule has 3 fully saturated rings. The van der Waals surface area contributed by atoms with Crippen LogP contribution in [0.3, 0.4) is 0 Å². The first kappa shape index (κ1) is 32.5. The number of ether oxygens (including phenoxy) is 1. The van der Waals surface area contributed by atoms with Gasteiger partial charge in [0.05, 0.1) is 11.1 Å². The van der Waals surface area contributed by atoms with Crippen LogP contribution < -0.4 is 26.0 Å². The number of aldehydes is 1. The largest absolute Gasteiger partial charge is 0.454 e. The number of halogens is 4. The standard InChI is InChI=1S/C32H33ClF3N7O4/c33-22-9-7-21(8-10-22)30(13-14-30)43-28-39-27(40-29(41-28)47-18-32(34,35)36)38-23-11-5-20(6-12-23)26(46)37-15-1-2-25(45)42-31(17-44)16-24(31)19-3-4-19/h5-12,17,19,24H,1-4,13-16,18H2,(H,37,46)(H,42,45)(H2,38,39,40,41,43)/t24-,31?/m0/s1. The van der Waals surface area contributed by atoms with Crippen molar-refractivity contribution in [1.82, 2.24) is 25.6 Å². The van der Waals surface area contributed by atoms with Gasteiger partial charge in [0.1, 0.15) is 6.29 Å². The Labute approximate surface area is 273 Å². The van der Waals surface area contributed by atoms with E-state index < -0.39 is 29.9 Å². The van der Waals surface area contributed by atoms with E-state index in [4.69, 9.17) is 16.3 Å². The second kappa shape index (κ2) is 13.0. The molecule has 0 spiro atoms. The Kier molecular flexibility index (Phi) is 8.97. The van der Waals surface area contributed by atoms with Gasteiger partial charge in [0.2, 0.25) is 17.8 Å². The van der Waals surface area contributed by atoms with E-state index in [1.165, 1.54) is 0 Å². The summed E-state index contributed by atoms with van der Waals surface area (Å²) in [5.74, 6) is 0.216. The molecule has 1 aromatic heterocycles. The number of nitrogens with zero attached hydrogens (tertiary/aromatic N) is 3. The van der Waals surface area contributed by atoms with Gasteiger partial charge >= 0.3 is 12.2 Å². The number of amides is 2. The van der Waals surface area contributed by atoms with Crippen LogP contribution in [0, 0.1) is 11.8 Å². The summed E-state index contributed by atoms with van der Waals surface area (Å²) in [4.78, 5) is 48.9. The molecule has 0 saturated heterocycles. The first-order valence-electron chi connectivity index (χ1n) is 15.4. The summed E-state index contributed by atoms with van der Waals surface area (Å²) >= 11 is 6.02. The minimum absolute atomic E-state index is 0.0259. The summed E-state index contributed by atoms with van der Waals surface area (Å²) in [6.07, 6.45) is 1.30. The maximum atomic E-state index is 12.9. The first-order valence-corrected chi connectivity index (χ1v) is 15.8. The van der Waals surface area contributed by atoms with Crippen molar-refractivity contribution in [2.24, 2.45) is 11.8 Å². The Balaban J connectivity index is 1.03. The van der Waals surface area contributed by atoms with E-state index in [0.29, 0.717) is 35.0 Å². The third-order valence-electron chi connectivity index (χ3n) is 8.58.